The molecule has 8 aromatic rings. The van der Waals surface area contributed by atoms with E-state index >= 15 is 0 Å². The molecule has 0 heterocycles. The molecular weight excluding hydrogens is 675 g/mol. The minimum Gasteiger partial charge on any atom is -0.310 e. The maximum atomic E-state index is 3.56. The second kappa shape index (κ2) is 11.0. The summed E-state index contributed by atoms with van der Waals surface area (Å²) in [5.74, 6) is 0. The van der Waals surface area contributed by atoms with Crippen LogP contribution in [0.2, 0.25) is 0 Å². The topological polar surface area (TPSA) is 3.24 Å². The van der Waals surface area contributed by atoms with Crippen LogP contribution in [0.1, 0.15) is 51.8 Å². The molecule has 0 unspecified atom stereocenters. The van der Waals surface area contributed by atoms with Gasteiger partial charge in [0.25, 0.3) is 0 Å². The van der Waals surface area contributed by atoms with Crippen molar-refractivity contribution in [1.82, 2.24) is 0 Å². The molecule has 0 amide bonds. The monoisotopic (exact) mass is 707 g/mol. The number of fused-ring (bicyclic) bond motifs is 14. The van der Waals surface area contributed by atoms with Crippen LogP contribution in [-0.2, 0) is 5.41 Å². The molecule has 0 aliphatic heterocycles. The zero-order valence-corrected chi connectivity index (χ0v) is 30.6. The SMILES string of the molecule is c1ccc2c(c#1)C1=C3CCC=C1c1ccc(N(c4ccccc4)c4ccc5c(c4)C4(c6ccccc6-c6ccccc64)c4ccccc4-5)cc1-c1c3cccc1-2. The van der Waals surface area contributed by atoms with E-state index < -0.39 is 5.41 Å². The van der Waals surface area contributed by atoms with E-state index in [9.17, 15) is 0 Å². The number of anilines is 3. The van der Waals surface area contributed by atoms with Crippen molar-refractivity contribution in [2.75, 3.05) is 4.90 Å². The molecule has 0 saturated heterocycles. The van der Waals surface area contributed by atoms with Crippen molar-refractivity contribution < 1.29 is 0 Å². The zero-order chi connectivity index (χ0) is 36.5. The lowest BCUT2D eigenvalue weighted by atomic mass is 9.70. The summed E-state index contributed by atoms with van der Waals surface area (Å²) in [5.41, 5.74) is 26.8. The highest BCUT2D eigenvalue weighted by Crippen LogP contribution is 2.64. The van der Waals surface area contributed by atoms with Gasteiger partial charge in [0, 0.05) is 28.2 Å². The van der Waals surface area contributed by atoms with E-state index in [1.807, 2.05) is 6.07 Å². The minimum absolute atomic E-state index is 0.411. The standard InChI is InChI=1S/C55H33N/c1-2-14-34(15-3-1)56(35-28-30-38-45-22-13-23-46-47-24-12-21-44(54(47)48(38)32-35)37-16-4-5-20-43(37)53(45)46)36-29-31-42-41-19-8-11-27-51(41)55(52(42)33-36)49-25-9-6-17-39(49)40-18-7-10-26-50(40)55/h1-4,6-12,14-19,21-22,24-33H,13,23H2. The average Bonchev–Trinajstić information content (AvgIpc) is 3.69. The van der Waals surface area contributed by atoms with Gasteiger partial charge in [0.2, 0.25) is 0 Å². The first-order chi connectivity index (χ1) is 27.8. The molecule has 258 valence electrons. The van der Waals surface area contributed by atoms with Crippen LogP contribution in [0.4, 0.5) is 17.1 Å². The molecule has 5 aliphatic carbocycles. The Balaban J connectivity index is 1.07. The Morgan fingerprint density at radius 2 is 1.05 bits per heavy atom. The number of rotatable bonds is 3. The third kappa shape index (κ3) is 3.72. The number of benzene rings is 7. The van der Waals surface area contributed by atoms with Gasteiger partial charge >= 0.3 is 0 Å². The summed E-state index contributed by atoms with van der Waals surface area (Å²) in [6.45, 7) is 0. The van der Waals surface area contributed by atoms with Gasteiger partial charge in [0.15, 0.2) is 0 Å². The molecule has 0 aromatic heterocycles. The molecule has 0 N–H and O–H groups in total. The van der Waals surface area contributed by atoms with Crippen LogP contribution >= 0.6 is 0 Å². The van der Waals surface area contributed by atoms with E-state index in [1.165, 1.54) is 100 Å². The van der Waals surface area contributed by atoms with Crippen LogP contribution < -0.4 is 4.90 Å². The summed E-state index contributed by atoms with van der Waals surface area (Å²) < 4.78 is 0. The highest BCUT2D eigenvalue weighted by Gasteiger charge is 2.51. The van der Waals surface area contributed by atoms with Gasteiger partial charge in [-0.25, -0.2) is 0 Å². The first-order valence-corrected chi connectivity index (χ1v) is 19.7. The van der Waals surface area contributed by atoms with E-state index in [4.69, 9.17) is 0 Å². The van der Waals surface area contributed by atoms with Gasteiger partial charge in [-0.05, 0) is 150 Å². The predicted molar refractivity (Wildman–Crippen MR) is 230 cm³/mol. The summed E-state index contributed by atoms with van der Waals surface area (Å²) >= 11 is 0. The molecule has 6 bridgehead atoms. The van der Waals surface area contributed by atoms with Crippen molar-refractivity contribution >= 4 is 33.8 Å². The quantitative estimate of drug-likeness (QED) is 0.177. The van der Waals surface area contributed by atoms with Crippen molar-refractivity contribution in [2.24, 2.45) is 0 Å². The number of hydrogen-bond acceptors (Lipinski definition) is 1. The second-order valence-corrected chi connectivity index (χ2v) is 15.6. The summed E-state index contributed by atoms with van der Waals surface area (Å²) in [7, 11) is 0. The number of nitrogens with zero attached hydrogens (tertiary/aromatic N) is 1. The fourth-order valence-electron chi connectivity index (χ4n) is 11.0. The lowest BCUT2D eigenvalue weighted by molar-refractivity contribution is 0.793. The van der Waals surface area contributed by atoms with Gasteiger partial charge in [-0.2, -0.15) is 0 Å². The Hall–Kier alpha value is -7.14. The Morgan fingerprint density at radius 1 is 0.446 bits per heavy atom. The zero-order valence-electron chi connectivity index (χ0n) is 30.6. The van der Waals surface area contributed by atoms with Crippen LogP contribution in [0, 0.1) is 12.1 Å². The first kappa shape index (κ1) is 30.2. The first-order valence-electron chi connectivity index (χ1n) is 19.7. The highest BCUT2D eigenvalue weighted by atomic mass is 15.1. The molecule has 8 aromatic carbocycles. The van der Waals surface area contributed by atoms with Crippen LogP contribution in [0.5, 0.6) is 0 Å². The van der Waals surface area contributed by atoms with E-state index in [-0.39, 0.29) is 0 Å². The molecule has 56 heavy (non-hydrogen) atoms. The highest BCUT2D eigenvalue weighted by molar-refractivity contribution is 6.25. The molecule has 0 saturated carbocycles. The van der Waals surface area contributed by atoms with Gasteiger partial charge < -0.3 is 4.90 Å². The van der Waals surface area contributed by atoms with Crippen molar-refractivity contribution in [3.8, 4) is 44.5 Å². The third-order valence-corrected chi connectivity index (χ3v) is 13.1. The lowest BCUT2D eigenvalue weighted by Crippen LogP contribution is -2.26. The van der Waals surface area contributed by atoms with Gasteiger partial charge in [-0.3, -0.25) is 0 Å². The van der Waals surface area contributed by atoms with Crippen molar-refractivity contribution in [1.29, 1.82) is 0 Å². The smallest absolute Gasteiger partial charge is 0.0726 e. The van der Waals surface area contributed by atoms with Crippen molar-refractivity contribution in [2.45, 2.75) is 18.3 Å². The lowest BCUT2D eigenvalue weighted by Gasteiger charge is -2.32. The maximum absolute atomic E-state index is 3.56. The summed E-state index contributed by atoms with van der Waals surface area (Å²) in [5, 5.41) is 0. The Labute approximate surface area is 327 Å². The summed E-state index contributed by atoms with van der Waals surface area (Å²) in [6, 6.07) is 70.5. The average molecular weight is 708 g/mol. The van der Waals surface area contributed by atoms with Crippen molar-refractivity contribution in [3.63, 3.8) is 0 Å². The third-order valence-electron chi connectivity index (χ3n) is 13.1. The Morgan fingerprint density at radius 3 is 1.79 bits per heavy atom. The van der Waals surface area contributed by atoms with Gasteiger partial charge in [0.05, 0.1) is 5.41 Å². The minimum atomic E-state index is -0.411. The Kier molecular flexibility index (Phi) is 5.92. The van der Waals surface area contributed by atoms with Crippen LogP contribution in [-0.4, -0.2) is 0 Å². The van der Waals surface area contributed by atoms with Gasteiger partial charge in [0.1, 0.15) is 0 Å². The molecule has 1 heteroatoms. The fraction of sp³-hybridized carbons (Fsp3) is 0.0545. The Bertz CT molecular complexity index is 3020. The van der Waals surface area contributed by atoms with E-state index in [1.54, 1.807) is 0 Å². The summed E-state index contributed by atoms with van der Waals surface area (Å²) in [4.78, 5) is 2.47. The fourth-order valence-corrected chi connectivity index (χ4v) is 11.0. The second-order valence-electron chi connectivity index (χ2n) is 15.6. The molecule has 1 spiro atoms. The molecule has 0 atom stereocenters. The van der Waals surface area contributed by atoms with E-state index in [0.29, 0.717) is 0 Å². The molecule has 13 rings (SSSR count). The molecule has 0 fully saturated rings. The molecule has 5 aliphatic rings. The van der Waals surface area contributed by atoms with Gasteiger partial charge in [-0.1, -0.05) is 140 Å². The van der Waals surface area contributed by atoms with Crippen LogP contribution in [0.15, 0.2) is 176 Å². The number of allylic oxidation sites excluding steroid dienone is 4. The normalized spacial score (nSPS) is 15.0. The molecular formula is C55H33N. The van der Waals surface area contributed by atoms with Crippen LogP contribution in [0.3, 0.4) is 0 Å². The van der Waals surface area contributed by atoms with Crippen LogP contribution in [0.25, 0.3) is 61.2 Å². The summed E-state index contributed by atoms with van der Waals surface area (Å²) in [6.07, 6.45) is 4.52. The number of hydrogen-bond donors (Lipinski definition) is 0. The predicted octanol–water partition coefficient (Wildman–Crippen LogP) is 13.8. The van der Waals surface area contributed by atoms with Gasteiger partial charge in [-0.15, -0.1) is 0 Å². The maximum Gasteiger partial charge on any atom is 0.0726 e. The molecule has 0 radical (unpaired) electrons. The molecule has 1 nitrogen and oxygen atoms in total. The number of para-hydroxylation sites is 1. The van der Waals surface area contributed by atoms with Crippen molar-refractivity contribution in [3.05, 3.63) is 227 Å². The van der Waals surface area contributed by atoms with E-state index in [2.05, 4.69) is 187 Å². The largest absolute Gasteiger partial charge is 0.310 e. The van der Waals surface area contributed by atoms with E-state index in [0.717, 1.165) is 29.9 Å².